The number of nitrogens with one attached hydrogen (secondary N) is 2. The zero-order valence-electron chi connectivity index (χ0n) is 22.1. The van der Waals surface area contributed by atoms with Crippen molar-refractivity contribution < 1.29 is 62.0 Å². The van der Waals surface area contributed by atoms with Crippen molar-refractivity contribution in [3.8, 4) is 22.3 Å². The summed E-state index contributed by atoms with van der Waals surface area (Å²) in [7, 11) is 0. The first kappa shape index (κ1) is 25.6. The van der Waals surface area contributed by atoms with Gasteiger partial charge in [-0.05, 0) is 55.6 Å². The standard InChI is InChI=1S/C30H26N2.2Na.2H/c1-2-7-21(8-3-1)15-16-22-9-4-13-26(25-12-5-10-23-17-31-19-28(23)25)30(22)27-14-6-11-24-18-32-20-29(24)27;;;;/h1-16,31-32H,17-20H2;;;;/q;2*+1;2*-1. The molecule has 6 rings (SSSR count). The summed E-state index contributed by atoms with van der Waals surface area (Å²) in [4.78, 5) is 0. The van der Waals surface area contributed by atoms with Crippen molar-refractivity contribution in [2.75, 3.05) is 0 Å². The maximum atomic E-state index is 3.55. The summed E-state index contributed by atoms with van der Waals surface area (Å²) in [6, 6.07) is 30.8. The zero-order chi connectivity index (χ0) is 21.3. The fourth-order valence-corrected chi connectivity index (χ4v) is 5.13. The molecule has 0 spiro atoms. The molecule has 2 heterocycles. The van der Waals surface area contributed by atoms with E-state index in [4.69, 9.17) is 0 Å². The van der Waals surface area contributed by atoms with Gasteiger partial charge in [0.1, 0.15) is 0 Å². The van der Waals surface area contributed by atoms with E-state index >= 15 is 0 Å². The first-order valence-corrected chi connectivity index (χ1v) is 11.4. The van der Waals surface area contributed by atoms with Crippen LogP contribution in [0, 0.1) is 0 Å². The van der Waals surface area contributed by atoms with Crippen LogP contribution in [-0.2, 0) is 26.2 Å². The summed E-state index contributed by atoms with van der Waals surface area (Å²) < 4.78 is 0. The molecule has 0 fully saturated rings. The van der Waals surface area contributed by atoms with Crippen molar-refractivity contribution >= 4 is 12.2 Å². The van der Waals surface area contributed by atoms with Gasteiger partial charge in [0.05, 0.1) is 0 Å². The van der Waals surface area contributed by atoms with Crippen LogP contribution >= 0.6 is 0 Å². The van der Waals surface area contributed by atoms with Gasteiger partial charge in [0.2, 0.25) is 0 Å². The Bertz CT molecular complexity index is 1340. The Kier molecular flexibility index (Phi) is 8.68. The third kappa shape index (κ3) is 4.93. The van der Waals surface area contributed by atoms with Crippen LogP contribution in [0.1, 0.15) is 36.2 Å². The van der Waals surface area contributed by atoms with E-state index in [-0.39, 0.29) is 62.0 Å². The summed E-state index contributed by atoms with van der Waals surface area (Å²) in [5.41, 5.74) is 13.5. The van der Waals surface area contributed by atoms with Crippen LogP contribution in [-0.4, -0.2) is 0 Å². The Morgan fingerprint density at radius 1 is 0.529 bits per heavy atom. The first-order valence-electron chi connectivity index (χ1n) is 11.4. The quantitative estimate of drug-likeness (QED) is 0.344. The Morgan fingerprint density at radius 2 is 1.12 bits per heavy atom. The SMILES string of the molecule is C(=Cc1cccc(-c2cccc3c2CNC3)c1-c1cccc2c1CNC2)c1ccccc1.[H-].[H-].[Na+].[Na+]. The smallest absolute Gasteiger partial charge is 1.00 e. The van der Waals surface area contributed by atoms with E-state index in [2.05, 4.69) is 108 Å². The van der Waals surface area contributed by atoms with Crippen molar-refractivity contribution in [1.29, 1.82) is 0 Å². The van der Waals surface area contributed by atoms with Crippen molar-refractivity contribution in [2.45, 2.75) is 26.2 Å². The van der Waals surface area contributed by atoms with Crippen LogP contribution in [0.25, 0.3) is 34.4 Å². The van der Waals surface area contributed by atoms with E-state index in [0.717, 1.165) is 26.2 Å². The number of rotatable bonds is 4. The maximum absolute atomic E-state index is 3.55. The molecule has 0 bridgehead atoms. The minimum Gasteiger partial charge on any atom is -1.00 e. The molecule has 0 atom stereocenters. The third-order valence-electron chi connectivity index (χ3n) is 6.69. The fourth-order valence-electron chi connectivity index (χ4n) is 5.13. The fraction of sp³-hybridized carbons (Fsp3) is 0.133. The normalized spacial score (nSPS) is 13.8. The Morgan fingerprint density at radius 3 is 1.82 bits per heavy atom. The van der Waals surface area contributed by atoms with Crippen molar-refractivity contribution in [2.24, 2.45) is 0 Å². The van der Waals surface area contributed by atoms with Gasteiger partial charge >= 0.3 is 59.1 Å². The predicted octanol–water partition coefficient (Wildman–Crippen LogP) is 0.630. The molecule has 2 aliphatic heterocycles. The molecule has 2 N–H and O–H groups in total. The molecule has 0 aromatic heterocycles. The van der Waals surface area contributed by atoms with Gasteiger partial charge in [0.25, 0.3) is 0 Å². The Balaban J connectivity index is 0.00000114. The van der Waals surface area contributed by atoms with Gasteiger partial charge in [-0.2, -0.15) is 0 Å². The average molecular weight is 463 g/mol. The minimum absolute atomic E-state index is 0. The molecule has 2 nitrogen and oxygen atoms in total. The molecule has 4 heteroatoms. The largest absolute Gasteiger partial charge is 1.00 e. The molecule has 4 aromatic carbocycles. The number of hydrogen-bond donors (Lipinski definition) is 2. The van der Waals surface area contributed by atoms with E-state index in [9.17, 15) is 0 Å². The first-order chi connectivity index (χ1) is 15.9. The average Bonchev–Trinajstić information content (AvgIpc) is 3.52. The van der Waals surface area contributed by atoms with E-state index in [1.807, 2.05) is 0 Å². The molecule has 0 saturated carbocycles. The van der Waals surface area contributed by atoms with Crippen molar-refractivity contribution in [3.63, 3.8) is 0 Å². The maximum Gasteiger partial charge on any atom is 1.00 e. The Hall–Kier alpha value is -1.46. The summed E-state index contributed by atoms with van der Waals surface area (Å²) in [6.07, 6.45) is 4.50. The van der Waals surface area contributed by atoms with Crippen molar-refractivity contribution in [3.05, 3.63) is 118 Å². The topological polar surface area (TPSA) is 24.1 Å². The second kappa shape index (κ2) is 11.5. The minimum atomic E-state index is 0. The van der Waals surface area contributed by atoms with Crippen LogP contribution in [0.15, 0.2) is 84.9 Å². The van der Waals surface area contributed by atoms with Crippen LogP contribution in [0.3, 0.4) is 0 Å². The molecule has 34 heavy (non-hydrogen) atoms. The molecule has 160 valence electrons. The van der Waals surface area contributed by atoms with Gasteiger partial charge in [-0.1, -0.05) is 97.1 Å². The molecule has 4 aromatic rings. The van der Waals surface area contributed by atoms with Crippen LogP contribution in [0.2, 0.25) is 0 Å². The summed E-state index contributed by atoms with van der Waals surface area (Å²) in [5.74, 6) is 0. The molecule has 0 aliphatic carbocycles. The number of hydrogen-bond acceptors (Lipinski definition) is 2. The van der Waals surface area contributed by atoms with Gasteiger partial charge in [0.15, 0.2) is 0 Å². The molecule has 0 unspecified atom stereocenters. The molecular formula is C30H28N2Na2. The van der Waals surface area contributed by atoms with Gasteiger partial charge in [-0.15, -0.1) is 0 Å². The second-order valence-electron chi connectivity index (χ2n) is 8.61. The van der Waals surface area contributed by atoms with E-state index in [0.29, 0.717) is 0 Å². The summed E-state index contributed by atoms with van der Waals surface area (Å²) >= 11 is 0. The molecule has 2 aliphatic rings. The van der Waals surface area contributed by atoms with Gasteiger partial charge in [-0.25, -0.2) is 0 Å². The van der Waals surface area contributed by atoms with Gasteiger partial charge in [-0.3, -0.25) is 0 Å². The number of fused-ring (bicyclic) bond motifs is 2. The molecular weight excluding hydrogens is 434 g/mol. The molecule has 0 amide bonds. The summed E-state index contributed by atoms with van der Waals surface area (Å²) in [6.45, 7) is 3.77. The van der Waals surface area contributed by atoms with Crippen LogP contribution in [0.4, 0.5) is 0 Å². The predicted molar refractivity (Wildman–Crippen MR) is 136 cm³/mol. The summed E-state index contributed by atoms with van der Waals surface area (Å²) in [5, 5.41) is 7.08. The van der Waals surface area contributed by atoms with E-state index < -0.39 is 0 Å². The third-order valence-corrected chi connectivity index (χ3v) is 6.69. The second-order valence-corrected chi connectivity index (χ2v) is 8.61. The zero-order valence-corrected chi connectivity index (χ0v) is 24.1. The van der Waals surface area contributed by atoms with Crippen LogP contribution < -0.4 is 69.7 Å². The molecule has 0 radical (unpaired) electrons. The van der Waals surface area contributed by atoms with E-state index in [1.54, 1.807) is 0 Å². The van der Waals surface area contributed by atoms with Crippen LogP contribution in [0.5, 0.6) is 0 Å². The Labute approximate surface area is 249 Å². The van der Waals surface area contributed by atoms with Gasteiger partial charge in [0, 0.05) is 26.2 Å². The monoisotopic (exact) mass is 462 g/mol. The number of benzene rings is 4. The van der Waals surface area contributed by atoms with Gasteiger partial charge < -0.3 is 13.5 Å². The molecule has 0 saturated heterocycles. The van der Waals surface area contributed by atoms with Crippen molar-refractivity contribution in [1.82, 2.24) is 10.6 Å². The van der Waals surface area contributed by atoms with E-state index in [1.165, 1.54) is 55.6 Å².